The Morgan fingerprint density at radius 1 is 1.17 bits per heavy atom. The highest BCUT2D eigenvalue weighted by atomic mass is 32.2. The molecule has 3 nitrogen and oxygen atoms in total. The molecule has 0 aromatic rings. The van der Waals surface area contributed by atoms with Crippen LogP contribution in [0.25, 0.3) is 0 Å². The average Bonchev–Trinajstić information content (AvgIpc) is 2.17. The Morgan fingerprint density at radius 3 is 2.17 bits per heavy atom. The SMILES string of the molecule is CNC1CCC([S+]([O-])NC)CC1. The van der Waals surface area contributed by atoms with E-state index in [9.17, 15) is 4.55 Å². The molecule has 0 bridgehead atoms. The third-order valence-electron chi connectivity index (χ3n) is 2.59. The molecule has 1 atom stereocenters. The fourth-order valence-electron chi connectivity index (χ4n) is 1.73. The van der Waals surface area contributed by atoms with Crippen molar-refractivity contribution < 1.29 is 4.55 Å². The summed E-state index contributed by atoms with van der Waals surface area (Å²) in [5.41, 5.74) is 0. The highest BCUT2D eigenvalue weighted by Gasteiger charge is 2.27. The van der Waals surface area contributed by atoms with Crippen molar-refractivity contribution in [3.8, 4) is 0 Å². The van der Waals surface area contributed by atoms with Crippen molar-refractivity contribution in [1.29, 1.82) is 0 Å². The molecule has 1 aliphatic rings. The van der Waals surface area contributed by atoms with Gasteiger partial charge in [0.25, 0.3) is 0 Å². The van der Waals surface area contributed by atoms with E-state index in [2.05, 4.69) is 10.0 Å². The summed E-state index contributed by atoms with van der Waals surface area (Å²) in [5.74, 6) is 0. The van der Waals surface area contributed by atoms with Gasteiger partial charge in [-0.2, -0.15) is 0 Å². The van der Waals surface area contributed by atoms with Crippen LogP contribution in [0.5, 0.6) is 0 Å². The van der Waals surface area contributed by atoms with Crippen molar-refractivity contribution in [3.05, 3.63) is 0 Å². The zero-order valence-electron chi connectivity index (χ0n) is 7.80. The molecule has 1 rings (SSSR count). The summed E-state index contributed by atoms with van der Waals surface area (Å²) in [6.07, 6.45) is 4.49. The minimum Gasteiger partial charge on any atom is -0.598 e. The molecule has 0 saturated heterocycles. The van der Waals surface area contributed by atoms with Crippen LogP contribution in [0.1, 0.15) is 25.7 Å². The summed E-state index contributed by atoms with van der Waals surface area (Å²) < 4.78 is 14.2. The monoisotopic (exact) mass is 190 g/mol. The molecule has 72 valence electrons. The summed E-state index contributed by atoms with van der Waals surface area (Å²) in [4.78, 5) is 0. The van der Waals surface area contributed by atoms with Crippen LogP contribution in [0.2, 0.25) is 0 Å². The first-order valence-corrected chi connectivity index (χ1v) is 5.74. The first-order valence-electron chi connectivity index (χ1n) is 4.53. The molecular formula is C8H18N2OS. The van der Waals surface area contributed by atoms with E-state index >= 15 is 0 Å². The van der Waals surface area contributed by atoms with Crippen LogP contribution in [0.3, 0.4) is 0 Å². The van der Waals surface area contributed by atoms with Gasteiger partial charge < -0.3 is 9.87 Å². The average molecular weight is 190 g/mol. The lowest BCUT2D eigenvalue weighted by Crippen LogP contribution is -2.39. The number of hydrogen-bond acceptors (Lipinski definition) is 3. The number of rotatable bonds is 3. The summed E-state index contributed by atoms with van der Waals surface area (Å²) in [7, 11) is 3.76. The summed E-state index contributed by atoms with van der Waals surface area (Å²) in [6.45, 7) is 0. The highest BCUT2D eigenvalue weighted by molar-refractivity contribution is 7.90. The highest BCUT2D eigenvalue weighted by Crippen LogP contribution is 2.23. The molecule has 2 N–H and O–H groups in total. The van der Waals surface area contributed by atoms with Crippen LogP contribution in [-0.4, -0.2) is 29.9 Å². The van der Waals surface area contributed by atoms with Crippen molar-refractivity contribution in [1.82, 2.24) is 10.0 Å². The molecule has 1 unspecified atom stereocenters. The smallest absolute Gasteiger partial charge is 0.135 e. The molecule has 0 spiro atoms. The Labute approximate surface area is 77.6 Å². The van der Waals surface area contributed by atoms with Gasteiger partial charge >= 0.3 is 0 Å². The molecule has 0 radical (unpaired) electrons. The fraction of sp³-hybridized carbons (Fsp3) is 1.00. The van der Waals surface area contributed by atoms with Gasteiger partial charge in [0.15, 0.2) is 0 Å². The maximum atomic E-state index is 11.3. The van der Waals surface area contributed by atoms with Gasteiger partial charge in [-0.15, -0.1) is 4.72 Å². The fourth-order valence-corrected chi connectivity index (χ4v) is 2.77. The molecule has 0 aromatic carbocycles. The summed E-state index contributed by atoms with van der Waals surface area (Å²) in [6, 6.07) is 0.648. The third kappa shape index (κ3) is 2.62. The zero-order chi connectivity index (χ0) is 8.97. The van der Waals surface area contributed by atoms with Crippen LogP contribution >= 0.6 is 0 Å². The topological polar surface area (TPSA) is 47.1 Å². The molecule has 0 aliphatic heterocycles. The molecular weight excluding hydrogens is 172 g/mol. The van der Waals surface area contributed by atoms with E-state index in [1.807, 2.05) is 7.05 Å². The Hall–Kier alpha value is 0.230. The van der Waals surface area contributed by atoms with E-state index in [1.54, 1.807) is 7.05 Å². The Balaban J connectivity index is 2.25. The minimum absolute atomic E-state index is 0.375. The summed E-state index contributed by atoms with van der Waals surface area (Å²) >= 11 is -0.808. The standard InChI is InChI=1S/C8H18N2OS/c1-9-7-3-5-8(6-4-7)12(11)10-2/h7-10H,3-6H2,1-2H3. The van der Waals surface area contributed by atoms with Crippen LogP contribution in [0.4, 0.5) is 0 Å². The van der Waals surface area contributed by atoms with Crippen LogP contribution < -0.4 is 10.0 Å². The molecule has 4 heteroatoms. The lowest BCUT2D eigenvalue weighted by molar-refractivity contribution is 0.390. The molecule has 0 aromatic heterocycles. The molecule has 1 aliphatic carbocycles. The van der Waals surface area contributed by atoms with E-state index in [1.165, 1.54) is 0 Å². The van der Waals surface area contributed by atoms with Gasteiger partial charge in [0.1, 0.15) is 5.25 Å². The van der Waals surface area contributed by atoms with Crippen molar-refractivity contribution in [2.24, 2.45) is 0 Å². The molecule has 1 fully saturated rings. The predicted octanol–water partition coefficient (Wildman–Crippen LogP) is 0.400. The minimum atomic E-state index is -0.808. The van der Waals surface area contributed by atoms with Gasteiger partial charge in [-0.3, -0.25) is 0 Å². The molecule has 0 amide bonds. The molecule has 12 heavy (non-hydrogen) atoms. The zero-order valence-corrected chi connectivity index (χ0v) is 8.62. The maximum absolute atomic E-state index is 11.3. The Morgan fingerprint density at radius 2 is 1.75 bits per heavy atom. The second-order valence-corrected chi connectivity index (χ2v) is 4.93. The first-order chi connectivity index (χ1) is 5.77. The quantitative estimate of drug-likeness (QED) is 0.633. The van der Waals surface area contributed by atoms with Crippen LogP contribution in [-0.2, 0) is 11.4 Å². The number of hydrogen-bond donors (Lipinski definition) is 2. The Bertz CT molecular complexity index is 126. The number of nitrogens with one attached hydrogen (secondary N) is 2. The molecule has 1 saturated carbocycles. The van der Waals surface area contributed by atoms with Crippen molar-refractivity contribution in [3.63, 3.8) is 0 Å². The van der Waals surface area contributed by atoms with Crippen molar-refractivity contribution in [2.75, 3.05) is 14.1 Å². The Kier molecular flexibility index (Phi) is 4.35. The first kappa shape index (κ1) is 10.3. The van der Waals surface area contributed by atoms with Gasteiger partial charge in [0.05, 0.1) is 0 Å². The van der Waals surface area contributed by atoms with Crippen LogP contribution in [0.15, 0.2) is 0 Å². The lowest BCUT2D eigenvalue weighted by atomic mass is 9.95. The van der Waals surface area contributed by atoms with Crippen LogP contribution in [0, 0.1) is 0 Å². The van der Waals surface area contributed by atoms with E-state index < -0.39 is 11.4 Å². The van der Waals surface area contributed by atoms with Crippen molar-refractivity contribution in [2.45, 2.75) is 37.0 Å². The van der Waals surface area contributed by atoms with Gasteiger partial charge in [-0.05, 0) is 32.7 Å². The predicted molar refractivity (Wildman–Crippen MR) is 52.3 cm³/mol. The summed E-state index contributed by atoms with van der Waals surface area (Å²) in [5, 5.41) is 3.64. The lowest BCUT2D eigenvalue weighted by Gasteiger charge is -2.28. The normalized spacial score (nSPS) is 33.2. The van der Waals surface area contributed by atoms with E-state index in [0.717, 1.165) is 25.7 Å². The molecule has 0 heterocycles. The largest absolute Gasteiger partial charge is 0.598 e. The van der Waals surface area contributed by atoms with Crippen molar-refractivity contribution >= 4 is 11.4 Å². The van der Waals surface area contributed by atoms with Gasteiger partial charge in [-0.1, -0.05) is 0 Å². The van der Waals surface area contributed by atoms with E-state index in [4.69, 9.17) is 0 Å². The van der Waals surface area contributed by atoms with E-state index in [-0.39, 0.29) is 0 Å². The van der Waals surface area contributed by atoms with E-state index in [0.29, 0.717) is 11.3 Å². The van der Waals surface area contributed by atoms with Gasteiger partial charge in [0.2, 0.25) is 0 Å². The maximum Gasteiger partial charge on any atom is 0.135 e. The van der Waals surface area contributed by atoms with Gasteiger partial charge in [-0.25, -0.2) is 0 Å². The third-order valence-corrected chi connectivity index (χ3v) is 4.07. The van der Waals surface area contributed by atoms with Gasteiger partial charge in [0, 0.05) is 24.5 Å². The second kappa shape index (κ2) is 5.07. The second-order valence-electron chi connectivity index (χ2n) is 3.26.